The summed E-state index contributed by atoms with van der Waals surface area (Å²) in [5, 5.41) is 3.13. The third kappa shape index (κ3) is 2.77. The Morgan fingerprint density at radius 1 is 1.19 bits per heavy atom. The molecule has 0 radical (unpaired) electrons. The van der Waals surface area contributed by atoms with E-state index in [2.05, 4.69) is 5.32 Å². The first-order chi connectivity index (χ1) is 10.1. The Kier molecular flexibility index (Phi) is 3.65. The molecular formula is C18H19NO2. The number of para-hydroxylation sites is 1. The highest BCUT2D eigenvalue weighted by atomic mass is 16.5. The standard InChI is InChI=1S/C18H19NO2/c1-12-7-8-14(13(2)11-12)18(20)19-16-9-10-21-17-6-4-3-5-15(16)17/h3-8,11,16H,9-10H2,1-2H3,(H,19,20)/t16-/m0/s1. The Hall–Kier alpha value is -2.29. The quantitative estimate of drug-likeness (QED) is 0.914. The average Bonchev–Trinajstić information content (AvgIpc) is 2.47. The molecule has 1 aliphatic heterocycles. The SMILES string of the molecule is Cc1ccc(C(=O)N[C@H]2CCOc3ccccc32)c(C)c1. The van der Waals surface area contributed by atoms with Gasteiger partial charge in [0.25, 0.3) is 5.91 Å². The molecule has 1 amide bonds. The van der Waals surface area contributed by atoms with Crippen molar-refractivity contribution in [3.05, 3.63) is 64.7 Å². The summed E-state index contributed by atoms with van der Waals surface area (Å²) in [4.78, 5) is 12.5. The summed E-state index contributed by atoms with van der Waals surface area (Å²) in [6.07, 6.45) is 0.799. The Morgan fingerprint density at radius 3 is 2.81 bits per heavy atom. The molecule has 0 saturated heterocycles. The number of aryl methyl sites for hydroxylation is 2. The molecular weight excluding hydrogens is 262 g/mol. The molecule has 2 aromatic rings. The molecule has 108 valence electrons. The molecule has 0 fully saturated rings. The fourth-order valence-corrected chi connectivity index (χ4v) is 2.80. The molecule has 3 rings (SSSR count). The monoisotopic (exact) mass is 281 g/mol. The molecule has 21 heavy (non-hydrogen) atoms. The predicted octanol–water partition coefficient (Wildman–Crippen LogP) is 3.56. The molecule has 0 aliphatic carbocycles. The second-order valence-electron chi connectivity index (χ2n) is 5.52. The molecule has 0 saturated carbocycles. The van der Waals surface area contributed by atoms with E-state index in [1.165, 1.54) is 5.56 Å². The van der Waals surface area contributed by atoms with Gasteiger partial charge in [0.1, 0.15) is 5.75 Å². The van der Waals surface area contributed by atoms with Crippen molar-refractivity contribution in [3.63, 3.8) is 0 Å². The van der Waals surface area contributed by atoms with E-state index in [0.717, 1.165) is 28.9 Å². The molecule has 0 bridgehead atoms. The Bertz CT molecular complexity index is 679. The molecule has 1 N–H and O–H groups in total. The second kappa shape index (κ2) is 5.60. The Morgan fingerprint density at radius 2 is 2.00 bits per heavy atom. The van der Waals surface area contributed by atoms with Crippen molar-refractivity contribution in [3.8, 4) is 5.75 Å². The van der Waals surface area contributed by atoms with Gasteiger partial charge in [0.2, 0.25) is 0 Å². The maximum absolute atomic E-state index is 12.5. The molecule has 1 aliphatic rings. The average molecular weight is 281 g/mol. The minimum atomic E-state index is -0.0193. The number of rotatable bonds is 2. The van der Waals surface area contributed by atoms with Gasteiger partial charge in [0.15, 0.2) is 0 Å². The Labute approximate surface area is 124 Å². The van der Waals surface area contributed by atoms with Crippen LogP contribution >= 0.6 is 0 Å². The molecule has 1 atom stereocenters. The van der Waals surface area contributed by atoms with E-state index >= 15 is 0 Å². The maximum atomic E-state index is 12.5. The van der Waals surface area contributed by atoms with Crippen LogP contribution in [0.2, 0.25) is 0 Å². The molecule has 0 unspecified atom stereocenters. The normalized spacial score (nSPS) is 16.8. The van der Waals surface area contributed by atoms with Gasteiger partial charge in [-0.15, -0.1) is 0 Å². The summed E-state index contributed by atoms with van der Waals surface area (Å²) >= 11 is 0. The van der Waals surface area contributed by atoms with Crippen molar-refractivity contribution in [2.45, 2.75) is 26.3 Å². The van der Waals surface area contributed by atoms with Gasteiger partial charge < -0.3 is 10.1 Å². The fourth-order valence-electron chi connectivity index (χ4n) is 2.80. The number of carbonyl (C=O) groups is 1. The molecule has 0 spiro atoms. The van der Waals surface area contributed by atoms with E-state index < -0.39 is 0 Å². The summed E-state index contributed by atoms with van der Waals surface area (Å²) in [5.74, 6) is 0.851. The van der Waals surface area contributed by atoms with Crippen molar-refractivity contribution in [1.29, 1.82) is 0 Å². The largest absolute Gasteiger partial charge is 0.493 e. The lowest BCUT2D eigenvalue weighted by atomic mass is 9.99. The van der Waals surface area contributed by atoms with E-state index in [9.17, 15) is 4.79 Å². The van der Waals surface area contributed by atoms with Crippen LogP contribution in [0.4, 0.5) is 0 Å². The third-order valence-corrected chi connectivity index (χ3v) is 3.89. The minimum absolute atomic E-state index is 0.0168. The van der Waals surface area contributed by atoms with E-state index in [1.54, 1.807) is 0 Å². The predicted molar refractivity (Wildman–Crippen MR) is 82.7 cm³/mol. The minimum Gasteiger partial charge on any atom is -0.493 e. The van der Waals surface area contributed by atoms with Gasteiger partial charge in [-0.3, -0.25) is 4.79 Å². The van der Waals surface area contributed by atoms with Gasteiger partial charge in [-0.25, -0.2) is 0 Å². The number of hydrogen-bond acceptors (Lipinski definition) is 2. The number of nitrogens with one attached hydrogen (secondary N) is 1. The third-order valence-electron chi connectivity index (χ3n) is 3.89. The topological polar surface area (TPSA) is 38.3 Å². The summed E-state index contributed by atoms with van der Waals surface area (Å²) < 4.78 is 5.63. The molecule has 0 aromatic heterocycles. The lowest BCUT2D eigenvalue weighted by molar-refractivity contribution is 0.0924. The van der Waals surface area contributed by atoms with Crippen molar-refractivity contribution < 1.29 is 9.53 Å². The highest BCUT2D eigenvalue weighted by Gasteiger charge is 2.23. The molecule has 3 nitrogen and oxygen atoms in total. The maximum Gasteiger partial charge on any atom is 0.252 e. The van der Waals surface area contributed by atoms with Crippen LogP contribution in [0.1, 0.15) is 39.5 Å². The van der Waals surface area contributed by atoms with Crippen LogP contribution in [0.15, 0.2) is 42.5 Å². The van der Waals surface area contributed by atoms with Gasteiger partial charge in [-0.1, -0.05) is 35.9 Å². The summed E-state index contributed by atoms with van der Waals surface area (Å²) in [7, 11) is 0. The zero-order chi connectivity index (χ0) is 14.8. The number of fused-ring (bicyclic) bond motifs is 1. The van der Waals surface area contributed by atoms with Gasteiger partial charge in [-0.2, -0.15) is 0 Å². The fraction of sp³-hybridized carbons (Fsp3) is 0.278. The number of carbonyl (C=O) groups excluding carboxylic acids is 1. The lowest BCUT2D eigenvalue weighted by Crippen LogP contribution is -2.32. The zero-order valence-electron chi connectivity index (χ0n) is 12.3. The van der Waals surface area contributed by atoms with E-state index in [0.29, 0.717) is 6.61 Å². The van der Waals surface area contributed by atoms with Crippen LogP contribution in [0.5, 0.6) is 5.75 Å². The number of benzene rings is 2. The first-order valence-corrected chi connectivity index (χ1v) is 7.25. The zero-order valence-corrected chi connectivity index (χ0v) is 12.3. The van der Waals surface area contributed by atoms with Crippen LogP contribution in [0.25, 0.3) is 0 Å². The van der Waals surface area contributed by atoms with Crippen LogP contribution < -0.4 is 10.1 Å². The Balaban J connectivity index is 1.83. The summed E-state index contributed by atoms with van der Waals surface area (Å²) in [6, 6.07) is 13.8. The smallest absolute Gasteiger partial charge is 0.252 e. The van der Waals surface area contributed by atoms with E-state index in [-0.39, 0.29) is 11.9 Å². The van der Waals surface area contributed by atoms with Gasteiger partial charge in [0.05, 0.1) is 12.6 Å². The van der Waals surface area contributed by atoms with E-state index in [4.69, 9.17) is 4.74 Å². The van der Waals surface area contributed by atoms with Crippen LogP contribution in [-0.4, -0.2) is 12.5 Å². The van der Waals surface area contributed by atoms with Crippen molar-refractivity contribution in [1.82, 2.24) is 5.32 Å². The number of amides is 1. The van der Waals surface area contributed by atoms with Crippen molar-refractivity contribution >= 4 is 5.91 Å². The molecule has 2 aromatic carbocycles. The van der Waals surface area contributed by atoms with Crippen LogP contribution in [0, 0.1) is 13.8 Å². The molecule has 1 heterocycles. The van der Waals surface area contributed by atoms with Gasteiger partial charge in [-0.05, 0) is 31.5 Å². The summed E-state index contributed by atoms with van der Waals surface area (Å²) in [6.45, 7) is 4.64. The first kappa shape index (κ1) is 13.7. The van der Waals surface area contributed by atoms with E-state index in [1.807, 2.05) is 56.3 Å². The van der Waals surface area contributed by atoms with Crippen LogP contribution in [0.3, 0.4) is 0 Å². The highest BCUT2D eigenvalue weighted by molar-refractivity contribution is 5.96. The lowest BCUT2D eigenvalue weighted by Gasteiger charge is -2.26. The first-order valence-electron chi connectivity index (χ1n) is 7.25. The van der Waals surface area contributed by atoms with Crippen molar-refractivity contribution in [2.24, 2.45) is 0 Å². The summed E-state index contributed by atoms with van der Waals surface area (Å²) in [5.41, 5.74) is 3.97. The second-order valence-corrected chi connectivity index (χ2v) is 5.52. The number of ether oxygens (including phenoxy) is 1. The van der Waals surface area contributed by atoms with Crippen molar-refractivity contribution in [2.75, 3.05) is 6.61 Å². The number of hydrogen-bond donors (Lipinski definition) is 1. The van der Waals surface area contributed by atoms with Gasteiger partial charge in [0, 0.05) is 17.5 Å². The van der Waals surface area contributed by atoms with Gasteiger partial charge >= 0.3 is 0 Å². The van der Waals surface area contributed by atoms with Crippen LogP contribution in [-0.2, 0) is 0 Å². The highest BCUT2D eigenvalue weighted by Crippen LogP contribution is 2.31. The molecule has 3 heteroatoms.